The van der Waals surface area contributed by atoms with Crippen LogP contribution >= 0.6 is 0 Å². The molecular formula is C17H18F3NO5S. The normalized spacial score (nSPS) is 12.9. The van der Waals surface area contributed by atoms with Crippen LogP contribution in [0, 0.1) is 6.92 Å². The number of aryl methyl sites for hydroxylation is 1. The quantitative estimate of drug-likeness (QED) is 0.797. The summed E-state index contributed by atoms with van der Waals surface area (Å²) in [5.74, 6) is -1.02. The molecule has 0 aliphatic rings. The molecule has 2 N–H and O–H groups in total. The van der Waals surface area contributed by atoms with Crippen LogP contribution in [0.4, 0.5) is 13.2 Å². The molecule has 0 saturated carbocycles. The molecule has 0 atom stereocenters. The number of sulfonamides is 1. The molecule has 0 unspecified atom stereocenters. The Morgan fingerprint density at radius 1 is 1.15 bits per heavy atom. The van der Waals surface area contributed by atoms with Crippen LogP contribution in [-0.2, 0) is 33.0 Å². The van der Waals surface area contributed by atoms with Gasteiger partial charge in [0.25, 0.3) is 10.0 Å². The number of carbonyl (C=O) groups is 1. The molecule has 0 bridgehead atoms. The van der Waals surface area contributed by atoms with Crippen molar-refractivity contribution in [3.05, 3.63) is 52.8 Å². The molecule has 1 heterocycles. The topological polar surface area (TPSA) is 96.6 Å². The van der Waals surface area contributed by atoms with Crippen molar-refractivity contribution in [2.75, 3.05) is 0 Å². The minimum absolute atomic E-state index is 0.0200. The van der Waals surface area contributed by atoms with Gasteiger partial charge < -0.3 is 9.52 Å². The van der Waals surface area contributed by atoms with Crippen molar-refractivity contribution in [1.82, 2.24) is 4.72 Å². The molecule has 0 radical (unpaired) electrons. The molecule has 0 saturated heterocycles. The van der Waals surface area contributed by atoms with Crippen molar-refractivity contribution in [3.63, 3.8) is 0 Å². The molecule has 2 aromatic rings. The number of rotatable bonds is 5. The molecule has 148 valence electrons. The molecule has 2 rings (SSSR count). The molecular weight excluding hydrogens is 387 g/mol. The first-order valence-corrected chi connectivity index (χ1v) is 9.21. The zero-order chi connectivity index (χ0) is 20.6. The second kappa shape index (κ2) is 7.01. The number of hydrogen-bond acceptors (Lipinski definition) is 5. The monoisotopic (exact) mass is 405 g/mol. The Morgan fingerprint density at radius 3 is 2.30 bits per heavy atom. The summed E-state index contributed by atoms with van der Waals surface area (Å²) >= 11 is 0. The van der Waals surface area contributed by atoms with Crippen LogP contribution in [0.2, 0.25) is 0 Å². The van der Waals surface area contributed by atoms with Crippen LogP contribution in [0.3, 0.4) is 0 Å². The Kier molecular flexibility index (Phi) is 5.44. The highest BCUT2D eigenvalue weighted by Crippen LogP contribution is 2.30. The zero-order valence-corrected chi connectivity index (χ0v) is 15.5. The van der Waals surface area contributed by atoms with Gasteiger partial charge in [0.05, 0.1) is 23.8 Å². The maximum Gasteiger partial charge on any atom is 0.416 e. The number of aliphatic hydroxyl groups is 1. The number of nitrogens with one attached hydrogen (secondary N) is 1. The minimum atomic E-state index is -4.58. The Balaban J connectivity index is 2.18. The summed E-state index contributed by atoms with van der Waals surface area (Å²) in [4.78, 5) is 12.0. The highest BCUT2D eigenvalue weighted by atomic mass is 32.2. The summed E-state index contributed by atoms with van der Waals surface area (Å²) in [6, 6.07) is 4.14. The summed E-state index contributed by atoms with van der Waals surface area (Å²) in [6.07, 6.45) is -4.11. The average Bonchev–Trinajstić information content (AvgIpc) is 2.95. The van der Waals surface area contributed by atoms with E-state index in [-0.39, 0.29) is 16.7 Å². The number of carbonyl (C=O) groups excluding carboxylic acids is 1. The van der Waals surface area contributed by atoms with Gasteiger partial charge in [-0.25, -0.2) is 4.72 Å². The summed E-state index contributed by atoms with van der Waals surface area (Å²) < 4.78 is 69.5. The minimum Gasteiger partial charge on any atom is -0.451 e. The average molecular weight is 405 g/mol. The number of hydrogen-bond donors (Lipinski definition) is 2. The fourth-order valence-electron chi connectivity index (χ4n) is 2.33. The second-order valence-corrected chi connectivity index (χ2v) is 8.24. The standard InChI is InChI=1S/C17H18F3NO5S/c1-10-4-11(6-12(5-10)17(18,19)20)7-14(22)21-27(24,25)15-8-13(9-26-15)16(2,3)23/h4-6,8-9,23H,7H2,1-3H3,(H,21,22). The Morgan fingerprint density at radius 2 is 1.78 bits per heavy atom. The maximum absolute atomic E-state index is 12.8. The Hall–Kier alpha value is -2.33. The lowest BCUT2D eigenvalue weighted by atomic mass is 10.0. The van der Waals surface area contributed by atoms with E-state index in [1.807, 2.05) is 0 Å². The molecule has 1 aromatic carbocycles. The molecule has 1 aromatic heterocycles. The van der Waals surface area contributed by atoms with Gasteiger partial charge in [0.15, 0.2) is 0 Å². The van der Waals surface area contributed by atoms with E-state index in [1.54, 1.807) is 4.72 Å². The molecule has 0 spiro atoms. The first-order chi connectivity index (χ1) is 12.2. The van der Waals surface area contributed by atoms with Crippen molar-refractivity contribution in [1.29, 1.82) is 0 Å². The number of benzene rings is 1. The van der Waals surface area contributed by atoms with E-state index in [0.29, 0.717) is 0 Å². The summed E-state index contributed by atoms with van der Waals surface area (Å²) in [5.41, 5.74) is -1.78. The van der Waals surface area contributed by atoms with Crippen LogP contribution in [0.25, 0.3) is 0 Å². The third-order valence-corrected chi connectivity index (χ3v) is 4.86. The molecule has 1 amide bonds. The van der Waals surface area contributed by atoms with E-state index in [9.17, 15) is 31.5 Å². The van der Waals surface area contributed by atoms with E-state index in [4.69, 9.17) is 4.42 Å². The van der Waals surface area contributed by atoms with Crippen molar-refractivity contribution in [3.8, 4) is 0 Å². The lowest BCUT2D eigenvalue weighted by molar-refractivity contribution is -0.137. The molecule has 6 nitrogen and oxygen atoms in total. The molecule has 27 heavy (non-hydrogen) atoms. The van der Waals surface area contributed by atoms with Crippen LogP contribution in [0.15, 0.2) is 40.0 Å². The first-order valence-electron chi connectivity index (χ1n) is 7.73. The fraction of sp³-hybridized carbons (Fsp3) is 0.353. The van der Waals surface area contributed by atoms with Gasteiger partial charge in [-0.15, -0.1) is 0 Å². The zero-order valence-electron chi connectivity index (χ0n) is 14.7. The predicted molar refractivity (Wildman–Crippen MR) is 89.2 cm³/mol. The van der Waals surface area contributed by atoms with Gasteiger partial charge in [0.1, 0.15) is 0 Å². The highest BCUT2D eigenvalue weighted by molar-refractivity contribution is 7.89. The van der Waals surface area contributed by atoms with E-state index < -0.39 is 44.8 Å². The summed E-state index contributed by atoms with van der Waals surface area (Å²) in [7, 11) is -4.37. The van der Waals surface area contributed by atoms with E-state index in [1.165, 1.54) is 26.8 Å². The van der Waals surface area contributed by atoms with Crippen LogP contribution < -0.4 is 4.72 Å². The highest BCUT2D eigenvalue weighted by Gasteiger charge is 2.31. The van der Waals surface area contributed by atoms with Crippen molar-refractivity contribution < 1.29 is 35.9 Å². The molecule has 0 fully saturated rings. The van der Waals surface area contributed by atoms with Gasteiger partial charge in [-0.2, -0.15) is 21.6 Å². The molecule has 10 heteroatoms. The molecule has 0 aliphatic carbocycles. The lowest BCUT2D eigenvalue weighted by Crippen LogP contribution is -2.31. The number of amides is 1. The summed E-state index contributed by atoms with van der Waals surface area (Å²) in [6.45, 7) is 4.28. The Labute approximate surface area is 154 Å². The van der Waals surface area contributed by atoms with Gasteiger partial charge in [0.2, 0.25) is 11.0 Å². The predicted octanol–water partition coefficient (Wildman–Crippen LogP) is 2.88. The van der Waals surface area contributed by atoms with Gasteiger partial charge in [0, 0.05) is 11.6 Å². The van der Waals surface area contributed by atoms with Gasteiger partial charge in [-0.05, 0) is 38.5 Å². The SMILES string of the molecule is Cc1cc(CC(=O)NS(=O)(=O)c2cc(C(C)(C)O)co2)cc(C(F)(F)F)c1. The second-order valence-electron chi connectivity index (χ2n) is 6.62. The van der Waals surface area contributed by atoms with Crippen molar-refractivity contribution in [2.45, 2.75) is 44.1 Å². The lowest BCUT2D eigenvalue weighted by Gasteiger charge is -2.13. The largest absolute Gasteiger partial charge is 0.451 e. The third kappa shape index (κ3) is 5.33. The van der Waals surface area contributed by atoms with Crippen molar-refractivity contribution >= 4 is 15.9 Å². The number of furan rings is 1. The van der Waals surface area contributed by atoms with Crippen LogP contribution in [0.1, 0.15) is 36.1 Å². The number of alkyl halides is 3. The van der Waals surface area contributed by atoms with Gasteiger partial charge in [-0.3, -0.25) is 4.79 Å². The van der Waals surface area contributed by atoms with E-state index >= 15 is 0 Å². The smallest absolute Gasteiger partial charge is 0.416 e. The van der Waals surface area contributed by atoms with Crippen LogP contribution in [0.5, 0.6) is 0 Å². The fourth-order valence-corrected chi connectivity index (χ4v) is 3.26. The van der Waals surface area contributed by atoms with Gasteiger partial charge in [-0.1, -0.05) is 11.6 Å². The maximum atomic E-state index is 12.8. The summed E-state index contributed by atoms with van der Waals surface area (Å²) in [5, 5.41) is 9.24. The van der Waals surface area contributed by atoms with Gasteiger partial charge >= 0.3 is 6.18 Å². The molecule has 0 aliphatic heterocycles. The van der Waals surface area contributed by atoms with E-state index in [0.717, 1.165) is 24.5 Å². The Bertz CT molecular complexity index is 956. The van der Waals surface area contributed by atoms with E-state index in [2.05, 4.69) is 0 Å². The van der Waals surface area contributed by atoms with Crippen LogP contribution in [-0.4, -0.2) is 19.4 Å². The first kappa shape index (κ1) is 21.0. The third-order valence-electron chi connectivity index (χ3n) is 3.62. The number of halogens is 3. The van der Waals surface area contributed by atoms with Crippen molar-refractivity contribution in [2.24, 2.45) is 0 Å².